The number of rotatable bonds is 4. The van der Waals surface area contributed by atoms with Crippen LogP contribution < -0.4 is 14.8 Å². The number of ether oxygens (including phenoxy) is 2. The van der Waals surface area contributed by atoms with E-state index in [0.717, 1.165) is 31.0 Å². The van der Waals surface area contributed by atoms with Gasteiger partial charge < -0.3 is 14.8 Å². The maximum atomic E-state index is 5.51. The SMILES string of the molecule is CCc1c(C2CCNC2)ccc(OC)c1OC. The summed E-state index contributed by atoms with van der Waals surface area (Å²) in [5.74, 6) is 2.35. The fourth-order valence-corrected chi connectivity index (χ4v) is 2.67. The van der Waals surface area contributed by atoms with E-state index >= 15 is 0 Å². The van der Waals surface area contributed by atoms with E-state index in [1.165, 1.54) is 17.5 Å². The van der Waals surface area contributed by atoms with Crippen LogP contribution in [0.3, 0.4) is 0 Å². The Morgan fingerprint density at radius 3 is 2.65 bits per heavy atom. The highest BCUT2D eigenvalue weighted by molar-refractivity contribution is 5.52. The van der Waals surface area contributed by atoms with Gasteiger partial charge in [-0.15, -0.1) is 0 Å². The molecule has 0 spiro atoms. The Hall–Kier alpha value is -1.22. The van der Waals surface area contributed by atoms with Gasteiger partial charge in [0.25, 0.3) is 0 Å². The van der Waals surface area contributed by atoms with Crippen LogP contribution in [0.5, 0.6) is 11.5 Å². The van der Waals surface area contributed by atoms with E-state index in [4.69, 9.17) is 9.47 Å². The van der Waals surface area contributed by atoms with Crippen LogP contribution in [-0.2, 0) is 6.42 Å². The molecule has 1 aliphatic rings. The van der Waals surface area contributed by atoms with Crippen LogP contribution in [0.25, 0.3) is 0 Å². The van der Waals surface area contributed by atoms with E-state index in [-0.39, 0.29) is 0 Å². The molecule has 0 radical (unpaired) electrons. The summed E-state index contributed by atoms with van der Waals surface area (Å²) in [6.45, 7) is 4.35. The van der Waals surface area contributed by atoms with Gasteiger partial charge in [-0.2, -0.15) is 0 Å². The molecule has 1 atom stereocenters. The first-order chi connectivity index (χ1) is 8.31. The molecule has 17 heavy (non-hydrogen) atoms. The molecule has 3 nitrogen and oxygen atoms in total. The predicted octanol–water partition coefficient (Wildman–Crippen LogP) is 2.34. The summed E-state index contributed by atoms with van der Waals surface area (Å²) in [4.78, 5) is 0. The molecule has 1 fully saturated rings. The summed E-state index contributed by atoms with van der Waals surface area (Å²) < 4.78 is 10.9. The molecule has 1 heterocycles. The van der Waals surface area contributed by atoms with Gasteiger partial charge in [0.2, 0.25) is 0 Å². The van der Waals surface area contributed by atoms with Crippen molar-refractivity contribution in [1.82, 2.24) is 5.32 Å². The number of nitrogens with one attached hydrogen (secondary N) is 1. The van der Waals surface area contributed by atoms with Gasteiger partial charge in [-0.05, 0) is 36.9 Å². The Kier molecular flexibility index (Phi) is 3.89. The van der Waals surface area contributed by atoms with Crippen molar-refractivity contribution in [3.63, 3.8) is 0 Å². The summed E-state index contributed by atoms with van der Waals surface area (Å²) in [5, 5.41) is 3.42. The van der Waals surface area contributed by atoms with Crippen LogP contribution >= 0.6 is 0 Å². The molecule has 1 aromatic carbocycles. The molecule has 1 unspecified atom stereocenters. The van der Waals surface area contributed by atoms with Crippen LogP contribution in [-0.4, -0.2) is 27.3 Å². The molecule has 2 rings (SSSR count). The minimum atomic E-state index is 0.616. The fourth-order valence-electron chi connectivity index (χ4n) is 2.67. The molecule has 0 bridgehead atoms. The number of methoxy groups -OCH3 is 2. The molecule has 0 amide bonds. The Morgan fingerprint density at radius 2 is 2.12 bits per heavy atom. The molecule has 1 N–H and O–H groups in total. The minimum absolute atomic E-state index is 0.616. The van der Waals surface area contributed by atoms with E-state index in [1.807, 2.05) is 6.07 Å². The highest BCUT2D eigenvalue weighted by Gasteiger charge is 2.22. The van der Waals surface area contributed by atoms with Crippen molar-refractivity contribution in [2.24, 2.45) is 0 Å². The Bertz CT molecular complexity index is 384. The normalized spacial score (nSPS) is 19.4. The van der Waals surface area contributed by atoms with Gasteiger partial charge in [-0.3, -0.25) is 0 Å². The summed E-state index contributed by atoms with van der Waals surface area (Å²) in [6.07, 6.45) is 2.19. The van der Waals surface area contributed by atoms with Crippen molar-refractivity contribution in [2.75, 3.05) is 27.3 Å². The first-order valence-electron chi connectivity index (χ1n) is 6.26. The highest BCUT2D eigenvalue weighted by Crippen LogP contribution is 2.38. The quantitative estimate of drug-likeness (QED) is 0.869. The van der Waals surface area contributed by atoms with Crippen LogP contribution in [0.15, 0.2) is 12.1 Å². The molecule has 0 saturated carbocycles. The molecular formula is C14H21NO2. The highest BCUT2D eigenvalue weighted by atomic mass is 16.5. The van der Waals surface area contributed by atoms with Crippen LogP contribution in [0, 0.1) is 0 Å². The summed E-state index contributed by atoms with van der Waals surface area (Å²) in [6, 6.07) is 4.21. The topological polar surface area (TPSA) is 30.5 Å². The van der Waals surface area contributed by atoms with Gasteiger partial charge in [0.1, 0.15) is 0 Å². The Morgan fingerprint density at radius 1 is 1.29 bits per heavy atom. The second-order valence-corrected chi connectivity index (χ2v) is 4.41. The molecule has 1 aliphatic heterocycles. The number of hydrogen-bond acceptors (Lipinski definition) is 3. The van der Waals surface area contributed by atoms with Crippen molar-refractivity contribution in [1.29, 1.82) is 0 Å². The molecule has 1 saturated heterocycles. The Balaban J connectivity index is 2.44. The lowest BCUT2D eigenvalue weighted by Gasteiger charge is -2.19. The lowest BCUT2D eigenvalue weighted by atomic mass is 9.91. The van der Waals surface area contributed by atoms with Crippen LogP contribution in [0.1, 0.15) is 30.4 Å². The maximum Gasteiger partial charge on any atom is 0.164 e. The first-order valence-corrected chi connectivity index (χ1v) is 6.26. The first kappa shape index (κ1) is 12.2. The lowest BCUT2D eigenvalue weighted by molar-refractivity contribution is 0.351. The average Bonchev–Trinajstić information content (AvgIpc) is 2.90. The largest absolute Gasteiger partial charge is 0.493 e. The minimum Gasteiger partial charge on any atom is -0.493 e. The van der Waals surface area contributed by atoms with E-state index in [1.54, 1.807) is 14.2 Å². The summed E-state index contributed by atoms with van der Waals surface area (Å²) in [5.41, 5.74) is 2.70. The second kappa shape index (κ2) is 5.41. The zero-order valence-electron chi connectivity index (χ0n) is 10.9. The summed E-state index contributed by atoms with van der Waals surface area (Å²) in [7, 11) is 3.40. The third kappa shape index (κ3) is 2.25. The molecule has 1 aromatic rings. The maximum absolute atomic E-state index is 5.51. The zero-order chi connectivity index (χ0) is 12.3. The van der Waals surface area contributed by atoms with Gasteiger partial charge in [-0.1, -0.05) is 13.0 Å². The summed E-state index contributed by atoms with van der Waals surface area (Å²) >= 11 is 0. The van der Waals surface area contributed by atoms with E-state index in [2.05, 4.69) is 18.3 Å². The van der Waals surface area contributed by atoms with Gasteiger partial charge in [0.05, 0.1) is 14.2 Å². The zero-order valence-corrected chi connectivity index (χ0v) is 10.9. The van der Waals surface area contributed by atoms with Gasteiger partial charge in [-0.25, -0.2) is 0 Å². The third-order valence-corrected chi connectivity index (χ3v) is 3.54. The van der Waals surface area contributed by atoms with E-state index in [9.17, 15) is 0 Å². The molecule has 3 heteroatoms. The predicted molar refractivity (Wildman–Crippen MR) is 69.2 cm³/mol. The lowest BCUT2D eigenvalue weighted by Crippen LogP contribution is -2.10. The van der Waals surface area contributed by atoms with Crippen molar-refractivity contribution in [3.8, 4) is 11.5 Å². The van der Waals surface area contributed by atoms with E-state index in [0.29, 0.717) is 5.92 Å². The van der Waals surface area contributed by atoms with E-state index < -0.39 is 0 Å². The number of hydrogen-bond donors (Lipinski definition) is 1. The van der Waals surface area contributed by atoms with Gasteiger partial charge in [0.15, 0.2) is 11.5 Å². The van der Waals surface area contributed by atoms with Crippen molar-refractivity contribution < 1.29 is 9.47 Å². The molecular weight excluding hydrogens is 214 g/mol. The molecule has 0 aliphatic carbocycles. The smallest absolute Gasteiger partial charge is 0.164 e. The van der Waals surface area contributed by atoms with Gasteiger partial charge >= 0.3 is 0 Å². The van der Waals surface area contributed by atoms with Crippen LogP contribution in [0.2, 0.25) is 0 Å². The van der Waals surface area contributed by atoms with Crippen molar-refractivity contribution in [3.05, 3.63) is 23.3 Å². The standard InChI is InChI=1S/C14H21NO2/c1-4-11-12(10-7-8-15-9-10)5-6-13(16-2)14(11)17-3/h5-6,10,15H,4,7-9H2,1-3H3. The van der Waals surface area contributed by atoms with Gasteiger partial charge in [0, 0.05) is 12.1 Å². The molecule has 0 aromatic heterocycles. The Labute approximate surface area is 103 Å². The third-order valence-electron chi connectivity index (χ3n) is 3.54. The molecule has 94 valence electrons. The monoisotopic (exact) mass is 235 g/mol. The average molecular weight is 235 g/mol. The van der Waals surface area contributed by atoms with Crippen LogP contribution in [0.4, 0.5) is 0 Å². The fraction of sp³-hybridized carbons (Fsp3) is 0.571. The van der Waals surface area contributed by atoms with Crippen molar-refractivity contribution in [2.45, 2.75) is 25.7 Å². The second-order valence-electron chi connectivity index (χ2n) is 4.41. The number of benzene rings is 1. The van der Waals surface area contributed by atoms with Crippen molar-refractivity contribution >= 4 is 0 Å².